The zero-order valence-electron chi connectivity index (χ0n) is 11.6. The van der Waals surface area contributed by atoms with Crippen LogP contribution in [0.25, 0.3) is 0 Å². The highest BCUT2D eigenvalue weighted by Gasteiger charge is 2.27. The van der Waals surface area contributed by atoms with Crippen molar-refractivity contribution in [2.24, 2.45) is 5.41 Å². The number of anilines is 1. The second-order valence-electron chi connectivity index (χ2n) is 6.35. The van der Waals surface area contributed by atoms with Gasteiger partial charge in [-0.15, -0.1) is 0 Å². The number of rotatable bonds is 2. The number of aryl methyl sites for hydroxylation is 1. The summed E-state index contributed by atoms with van der Waals surface area (Å²) in [6, 6.07) is 7.20. The van der Waals surface area contributed by atoms with E-state index in [1.54, 1.807) is 0 Å². The summed E-state index contributed by atoms with van der Waals surface area (Å²) in [5.74, 6) is 0. The van der Waals surface area contributed by atoms with Crippen molar-refractivity contribution in [1.29, 1.82) is 0 Å². The van der Waals surface area contributed by atoms with Gasteiger partial charge in [0.1, 0.15) is 0 Å². The molecule has 1 saturated carbocycles. The molecule has 0 saturated heterocycles. The summed E-state index contributed by atoms with van der Waals surface area (Å²) in [5.41, 5.74) is 4.61. The van der Waals surface area contributed by atoms with E-state index in [2.05, 4.69) is 51.2 Å². The van der Waals surface area contributed by atoms with Crippen molar-refractivity contribution in [2.45, 2.75) is 59.4 Å². The molecule has 1 aliphatic rings. The Hall–Kier alpha value is -0.980. The van der Waals surface area contributed by atoms with Crippen LogP contribution in [0.4, 0.5) is 5.69 Å². The maximum Gasteiger partial charge on any atom is 0.0374 e. The molecule has 0 amide bonds. The minimum absolute atomic E-state index is 0.508. The Labute approximate surface area is 106 Å². The van der Waals surface area contributed by atoms with E-state index in [0.717, 1.165) is 0 Å². The largest absolute Gasteiger partial charge is 0.382 e. The van der Waals surface area contributed by atoms with E-state index in [4.69, 9.17) is 0 Å². The van der Waals surface area contributed by atoms with Gasteiger partial charge in [-0.3, -0.25) is 0 Å². The fraction of sp³-hybridized carbons (Fsp3) is 0.625. The average molecular weight is 231 g/mol. The quantitative estimate of drug-likeness (QED) is 0.779. The molecule has 0 radical (unpaired) electrons. The SMILES string of the molecule is Cc1cccc(NC2CCCC(C)(C)C2)c1C. The molecule has 1 heteroatoms. The van der Waals surface area contributed by atoms with Gasteiger partial charge in [-0.05, 0) is 55.7 Å². The molecule has 0 spiro atoms. The lowest BCUT2D eigenvalue weighted by Gasteiger charge is -2.36. The summed E-state index contributed by atoms with van der Waals surface area (Å²) < 4.78 is 0. The summed E-state index contributed by atoms with van der Waals surface area (Å²) in [6.45, 7) is 9.19. The Morgan fingerprint density at radius 1 is 1.24 bits per heavy atom. The molecule has 17 heavy (non-hydrogen) atoms. The lowest BCUT2D eigenvalue weighted by atomic mass is 9.75. The molecule has 2 rings (SSSR count). The number of benzene rings is 1. The van der Waals surface area contributed by atoms with Crippen molar-refractivity contribution >= 4 is 5.69 Å². The molecule has 0 aromatic heterocycles. The summed E-state index contributed by atoms with van der Waals surface area (Å²) >= 11 is 0. The van der Waals surface area contributed by atoms with Gasteiger partial charge in [0.2, 0.25) is 0 Å². The molecule has 1 fully saturated rings. The van der Waals surface area contributed by atoms with Gasteiger partial charge < -0.3 is 5.32 Å². The fourth-order valence-corrected chi connectivity index (χ4v) is 2.95. The first-order chi connectivity index (χ1) is 7.98. The van der Waals surface area contributed by atoms with Crippen LogP contribution in [-0.4, -0.2) is 6.04 Å². The monoisotopic (exact) mass is 231 g/mol. The number of hydrogen-bond donors (Lipinski definition) is 1. The van der Waals surface area contributed by atoms with E-state index in [0.29, 0.717) is 11.5 Å². The first-order valence-electron chi connectivity index (χ1n) is 6.81. The molecule has 0 heterocycles. The molecule has 1 atom stereocenters. The van der Waals surface area contributed by atoms with Crippen LogP contribution in [0.2, 0.25) is 0 Å². The maximum atomic E-state index is 3.75. The molecular weight excluding hydrogens is 206 g/mol. The van der Waals surface area contributed by atoms with Crippen LogP contribution in [0, 0.1) is 19.3 Å². The first-order valence-corrected chi connectivity index (χ1v) is 6.81. The summed E-state index contributed by atoms with van der Waals surface area (Å²) in [7, 11) is 0. The van der Waals surface area contributed by atoms with Gasteiger partial charge in [-0.25, -0.2) is 0 Å². The highest BCUT2D eigenvalue weighted by Crippen LogP contribution is 2.36. The summed E-state index contributed by atoms with van der Waals surface area (Å²) in [5, 5.41) is 3.75. The Balaban J connectivity index is 2.08. The Morgan fingerprint density at radius 3 is 2.71 bits per heavy atom. The van der Waals surface area contributed by atoms with Crippen LogP contribution in [0.5, 0.6) is 0 Å². The van der Waals surface area contributed by atoms with Crippen molar-refractivity contribution in [3.05, 3.63) is 29.3 Å². The third kappa shape index (κ3) is 3.02. The Bertz CT molecular complexity index is 393. The predicted octanol–water partition coefficient (Wildman–Crippen LogP) is 4.68. The zero-order valence-corrected chi connectivity index (χ0v) is 11.6. The zero-order chi connectivity index (χ0) is 12.5. The van der Waals surface area contributed by atoms with Crippen molar-refractivity contribution in [3.63, 3.8) is 0 Å². The third-order valence-electron chi connectivity index (χ3n) is 4.17. The van der Waals surface area contributed by atoms with Crippen LogP contribution in [0.15, 0.2) is 18.2 Å². The van der Waals surface area contributed by atoms with Crippen LogP contribution in [0.1, 0.15) is 50.7 Å². The standard InChI is InChI=1S/C16H25N/c1-12-7-5-9-15(13(12)2)17-14-8-6-10-16(3,4)11-14/h5,7,9,14,17H,6,8,10-11H2,1-4H3. The molecule has 1 N–H and O–H groups in total. The summed E-state index contributed by atoms with van der Waals surface area (Å²) in [6.07, 6.45) is 5.34. The predicted molar refractivity (Wildman–Crippen MR) is 75.6 cm³/mol. The van der Waals surface area contributed by atoms with Gasteiger partial charge in [0, 0.05) is 11.7 Å². The van der Waals surface area contributed by atoms with Gasteiger partial charge >= 0.3 is 0 Å². The van der Waals surface area contributed by atoms with E-state index >= 15 is 0 Å². The van der Waals surface area contributed by atoms with Gasteiger partial charge in [0.25, 0.3) is 0 Å². The average Bonchev–Trinajstić information content (AvgIpc) is 2.23. The molecule has 94 valence electrons. The van der Waals surface area contributed by atoms with Gasteiger partial charge in [-0.1, -0.05) is 32.4 Å². The topological polar surface area (TPSA) is 12.0 Å². The van der Waals surface area contributed by atoms with Crippen LogP contribution in [0.3, 0.4) is 0 Å². The smallest absolute Gasteiger partial charge is 0.0374 e. The Morgan fingerprint density at radius 2 is 2.00 bits per heavy atom. The van der Waals surface area contributed by atoms with E-state index in [9.17, 15) is 0 Å². The van der Waals surface area contributed by atoms with Crippen molar-refractivity contribution < 1.29 is 0 Å². The van der Waals surface area contributed by atoms with E-state index < -0.39 is 0 Å². The highest BCUT2D eigenvalue weighted by atomic mass is 14.9. The minimum atomic E-state index is 0.508. The molecule has 1 aromatic rings. The molecule has 1 unspecified atom stereocenters. The van der Waals surface area contributed by atoms with Crippen LogP contribution in [-0.2, 0) is 0 Å². The lowest BCUT2D eigenvalue weighted by molar-refractivity contribution is 0.229. The van der Waals surface area contributed by atoms with Gasteiger partial charge in [0.15, 0.2) is 0 Å². The van der Waals surface area contributed by atoms with Gasteiger partial charge in [0.05, 0.1) is 0 Å². The van der Waals surface area contributed by atoms with E-state index in [-0.39, 0.29) is 0 Å². The molecular formula is C16H25N. The van der Waals surface area contributed by atoms with Crippen LogP contribution < -0.4 is 5.32 Å². The van der Waals surface area contributed by atoms with Crippen LogP contribution >= 0.6 is 0 Å². The second-order valence-corrected chi connectivity index (χ2v) is 6.35. The van der Waals surface area contributed by atoms with Crippen molar-refractivity contribution in [2.75, 3.05) is 5.32 Å². The molecule has 1 aromatic carbocycles. The first kappa shape index (κ1) is 12.5. The normalized spacial score (nSPS) is 23.4. The Kier molecular flexibility index (Phi) is 3.46. The molecule has 1 nitrogen and oxygen atoms in total. The third-order valence-corrected chi connectivity index (χ3v) is 4.17. The summed E-state index contributed by atoms with van der Waals surface area (Å²) in [4.78, 5) is 0. The second kappa shape index (κ2) is 4.72. The van der Waals surface area contributed by atoms with Gasteiger partial charge in [-0.2, -0.15) is 0 Å². The number of hydrogen-bond acceptors (Lipinski definition) is 1. The fourth-order valence-electron chi connectivity index (χ4n) is 2.95. The van der Waals surface area contributed by atoms with E-state index in [1.165, 1.54) is 42.5 Å². The molecule has 0 aliphatic heterocycles. The number of nitrogens with one attached hydrogen (secondary N) is 1. The molecule has 1 aliphatic carbocycles. The van der Waals surface area contributed by atoms with Crippen molar-refractivity contribution in [3.8, 4) is 0 Å². The maximum absolute atomic E-state index is 3.75. The van der Waals surface area contributed by atoms with E-state index in [1.807, 2.05) is 0 Å². The minimum Gasteiger partial charge on any atom is -0.382 e. The van der Waals surface area contributed by atoms with Crippen molar-refractivity contribution in [1.82, 2.24) is 0 Å². The molecule has 0 bridgehead atoms. The highest BCUT2D eigenvalue weighted by molar-refractivity contribution is 5.54. The lowest BCUT2D eigenvalue weighted by Crippen LogP contribution is -2.31.